The summed E-state index contributed by atoms with van der Waals surface area (Å²) in [5.74, 6) is 0. The summed E-state index contributed by atoms with van der Waals surface area (Å²) in [6.07, 6.45) is 0.816. The van der Waals surface area contributed by atoms with E-state index in [0.717, 1.165) is 17.7 Å². The Kier molecular flexibility index (Phi) is 2.42. The Morgan fingerprint density at radius 3 is 2.38 bits per heavy atom. The van der Waals surface area contributed by atoms with E-state index in [1.54, 1.807) is 6.07 Å². The van der Waals surface area contributed by atoms with E-state index in [1.807, 2.05) is 12.1 Å². The Morgan fingerprint density at radius 1 is 1.15 bits per heavy atom. The first-order chi connectivity index (χ1) is 6.25. The molecule has 0 aromatic heterocycles. The van der Waals surface area contributed by atoms with Gasteiger partial charge in [0, 0.05) is 22.0 Å². The van der Waals surface area contributed by atoms with E-state index in [0.29, 0.717) is 16.7 Å². The molecule has 0 fully saturated rings. The third kappa shape index (κ3) is 1.95. The van der Waals surface area contributed by atoms with Crippen molar-refractivity contribution in [3.63, 3.8) is 0 Å². The van der Waals surface area contributed by atoms with Crippen molar-refractivity contribution in [3.05, 3.63) is 33.8 Å². The highest BCUT2D eigenvalue weighted by molar-refractivity contribution is 6.35. The Balaban J connectivity index is 2.39. The van der Waals surface area contributed by atoms with Gasteiger partial charge >= 0.3 is 0 Å². The highest BCUT2D eigenvalue weighted by Crippen LogP contribution is 2.21. The van der Waals surface area contributed by atoms with Crippen LogP contribution in [0.2, 0.25) is 10.0 Å². The normalized spacial score (nSPS) is 15.4. The number of rotatable bonds is 1. The van der Waals surface area contributed by atoms with Crippen LogP contribution in [0.4, 0.5) is 0 Å². The van der Waals surface area contributed by atoms with Crippen LogP contribution in [-0.2, 0) is 4.84 Å². The van der Waals surface area contributed by atoms with Crippen LogP contribution in [0.15, 0.2) is 23.4 Å². The smallest absolute Gasteiger partial charge is 0.122 e. The molecule has 2 rings (SSSR count). The summed E-state index contributed by atoms with van der Waals surface area (Å²) in [6.45, 7) is 0.638. The van der Waals surface area contributed by atoms with E-state index in [4.69, 9.17) is 28.0 Å². The second-order valence-electron chi connectivity index (χ2n) is 2.78. The molecule has 2 nitrogen and oxygen atoms in total. The molecule has 1 aromatic rings. The maximum Gasteiger partial charge on any atom is 0.122 e. The molecule has 13 heavy (non-hydrogen) atoms. The van der Waals surface area contributed by atoms with Crippen LogP contribution in [0.25, 0.3) is 0 Å². The quantitative estimate of drug-likeness (QED) is 0.706. The highest BCUT2D eigenvalue weighted by Gasteiger charge is 2.11. The van der Waals surface area contributed by atoms with E-state index < -0.39 is 0 Å². The molecule has 1 aliphatic rings. The van der Waals surface area contributed by atoms with Gasteiger partial charge in [-0.3, -0.25) is 0 Å². The van der Waals surface area contributed by atoms with Gasteiger partial charge in [0.05, 0.1) is 5.71 Å². The van der Waals surface area contributed by atoms with Crippen LogP contribution in [0, 0.1) is 0 Å². The minimum absolute atomic E-state index is 0.622. The molecule has 0 atom stereocenters. The molecule has 0 spiro atoms. The lowest BCUT2D eigenvalue weighted by atomic mass is 10.1. The molecule has 68 valence electrons. The fourth-order valence-electron chi connectivity index (χ4n) is 1.23. The monoisotopic (exact) mass is 215 g/mol. The number of hydrogen-bond acceptors (Lipinski definition) is 2. The van der Waals surface area contributed by atoms with Gasteiger partial charge < -0.3 is 4.84 Å². The lowest BCUT2D eigenvalue weighted by molar-refractivity contribution is 0.174. The average molecular weight is 216 g/mol. The Bertz CT molecular complexity index is 342. The fourth-order valence-corrected chi connectivity index (χ4v) is 1.76. The third-order valence-electron chi connectivity index (χ3n) is 1.80. The summed E-state index contributed by atoms with van der Waals surface area (Å²) in [5.41, 5.74) is 1.85. The molecule has 0 N–H and O–H groups in total. The standard InChI is InChI=1S/C9H7Cl2NO/c10-7-3-6(4-8(11)5-7)9-1-2-13-12-9/h3-5H,1-2H2. The molecule has 1 aliphatic heterocycles. The van der Waals surface area contributed by atoms with Gasteiger partial charge in [0.1, 0.15) is 6.61 Å². The van der Waals surface area contributed by atoms with Gasteiger partial charge in [-0.05, 0) is 18.2 Å². The van der Waals surface area contributed by atoms with Gasteiger partial charge in [0.2, 0.25) is 0 Å². The van der Waals surface area contributed by atoms with Crippen LogP contribution < -0.4 is 0 Å². The fraction of sp³-hybridized carbons (Fsp3) is 0.222. The first-order valence-corrected chi connectivity index (χ1v) is 4.66. The van der Waals surface area contributed by atoms with Crippen molar-refractivity contribution >= 4 is 28.9 Å². The van der Waals surface area contributed by atoms with Crippen molar-refractivity contribution in [2.45, 2.75) is 6.42 Å². The van der Waals surface area contributed by atoms with E-state index in [2.05, 4.69) is 5.16 Å². The van der Waals surface area contributed by atoms with Crippen molar-refractivity contribution in [1.29, 1.82) is 0 Å². The highest BCUT2D eigenvalue weighted by atomic mass is 35.5. The zero-order valence-electron chi connectivity index (χ0n) is 6.76. The number of halogens is 2. The second kappa shape index (κ2) is 3.56. The Hall–Kier alpha value is -0.730. The molecular weight excluding hydrogens is 209 g/mol. The minimum atomic E-state index is 0.622. The van der Waals surface area contributed by atoms with Crippen molar-refractivity contribution in [2.75, 3.05) is 6.61 Å². The molecule has 0 bridgehead atoms. The van der Waals surface area contributed by atoms with Crippen molar-refractivity contribution < 1.29 is 4.84 Å². The maximum absolute atomic E-state index is 5.85. The number of benzene rings is 1. The summed E-state index contributed by atoms with van der Waals surface area (Å²) in [5, 5.41) is 5.13. The molecule has 0 amide bonds. The van der Waals surface area contributed by atoms with Crippen LogP contribution in [0.5, 0.6) is 0 Å². The Labute approximate surface area is 86.1 Å². The Morgan fingerprint density at radius 2 is 1.85 bits per heavy atom. The van der Waals surface area contributed by atoms with Crippen molar-refractivity contribution in [2.24, 2.45) is 5.16 Å². The van der Waals surface area contributed by atoms with E-state index in [9.17, 15) is 0 Å². The summed E-state index contributed by atoms with van der Waals surface area (Å²) in [4.78, 5) is 4.89. The summed E-state index contributed by atoms with van der Waals surface area (Å²) in [6, 6.07) is 5.37. The second-order valence-corrected chi connectivity index (χ2v) is 3.65. The summed E-state index contributed by atoms with van der Waals surface area (Å²) < 4.78 is 0. The molecule has 1 aromatic carbocycles. The van der Waals surface area contributed by atoms with Gasteiger partial charge in [-0.25, -0.2) is 0 Å². The zero-order chi connectivity index (χ0) is 9.26. The lowest BCUT2D eigenvalue weighted by Crippen LogP contribution is -1.96. The molecular formula is C9H7Cl2NO. The third-order valence-corrected chi connectivity index (χ3v) is 2.24. The van der Waals surface area contributed by atoms with Crippen LogP contribution in [-0.4, -0.2) is 12.3 Å². The molecule has 0 aliphatic carbocycles. The average Bonchev–Trinajstić information content (AvgIpc) is 2.53. The van der Waals surface area contributed by atoms with Crippen molar-refractivity contribution in [3.8, 4) is 0 Å². The molecule has 0 unspecified atom stereocenters. The predicted octanol–water partition coefficient (Wildman–Crippen LogP) is 3.12. The van der Waals surface area contributed by atoms with Crippen molar-refractivity contribution in [1.82, 2.24) is 0 Å². The number of nitrogens with zero attached hydrogens (tertiary/aromatic N) is 1. The molecule has 0 saturated heterocycles. The first-order valence-electron chi connectivity index (χ1n) is 3.91. The van der Waals surface area contributed by atoms with E-state index in [-0.39, 0.29) is 0 Å². The van der Waals surface area contributed by atoms with Gasteiger partial charge in [-0.2, -0.15) is 0 Å². The maximum atomic E-state index is 5.85. The molecule has 0 radical (unpaired) electrons. The molecule has 4 heteroatoms. The zero-order valence-corrected chi connectivity index (χ0v) is 8.27. The first kappa shape index (κ1) is 8.85. The van der Waals surface area contributed by atoms with E-state index >= 15 is 0 Å². The van der Waals surface area contributed by atoms with Crippen LogP contribution >= 0.6 is 23.2 Å². The lowest BCUT2D eigenvalue weighted by Gasteiger charge is -1.99. The van der Waals surface area contributed by atoms with Gasteiger partial charge in [-0.15, -0.1) is 0 Å². The summed E-state index contributed by atoms with van der Waals surface area (Å²) >= 11 is 11.7. The van der Waals surface area contributed by atoms with Crippen LogP contribution in [0.3, 0.4) is 0 Å². The summed E-state index contributed by atoms with van der Waals surface area (Å²) in [7, 11) is 0. The number of hydrogen-bond donors (Lipinski definition) is 0. The van der Waals surface area contributed by atoms with E-state index in [1.165, 1.54) is 0 Å². The minimum Gasteiger partial charge on any atom is -0.395 e. The van der Waals surface area contributed by atoms with Gasteiger partial charge in [0.15, 0.2) is 0 Å². The number of oxime groups is 1. The molecule has 0 saturated carbocycles. The van der Waals surface area contributed by atoms with Crippen LogP contribution in [0.1, 0.15) is 12.0 Å². The molecule has 1 heterocycles. The van der Waals surface area contributed by atoms with Gasteiger partial charge in [-0.1, -0.05) is 28.4 Å². The SMILES string of the molecule is Clc1cc(Cl)cc(C2=NOCC2)c1. The topological polar surface area (TPSA) is 21.6 Å². The predicted molar refractivity (Wildman–Crippen MR) is 53.6 cm³/mol. The van der Waals surface area contributed by atoms with Gasteiger partial charge in [0.25, 0.3) is 0 Å². The largest absolute Gasteiger partial charge is 0.395 e.